The average Bonchev–Trinajstić information content (AvgIpc) is 2.45. The topological polar surface area (TPSA) is 61.5 Å². The van der Waals surface area contributed by atoms with E-state index in [0.717, 1.165) is 5.56 Å². The Balaban J connectivity index is 2.58. The second kappa shape index (κ2) is 5.65. The molecule has 0 saturated carbocycles. The smallest absolute Gasteiger partial charge is 0.200 e. The summed E-state index contributed by atoms with van der Waals surface area (Å²) in [6.07, 6.45) is 0. The first-order valence-corrected chi connectivity index (χ1v) is 6.20. The van der Waals surface area contributed by atoms with Crippen LogP contribution >= 0.6 is 0 Å². The molecule has 0 aliphatic rings. The zero-order valence-corrected chi connectivity index (χ0v) is 11.8. The molecule has 4 heteroatoms. The van der Waals surface area contributed by atoms with Gasteiger partial charge in [0.05, 0.1) is 14.2 Å². The minimum Gasteiger partial charge on any atom is -0.496 e. The number of ether oxygens (including phenoxy) is 2. The summed E-state index contributed by atoms with van der Waals surface area (Å²) in [4.78, 5) is 12.7. The Kier molecular flexibility index (Phi) is 3.94. The summed E-state index contributed by atoms with van der Waals surface area (Å²) in [5, 5.41) is 0. The van der Waals surface area contributed by atoms with Gasteiger partial charge in [-0.1, -0.05) is 6.07 Å². The van der Waals surface area contributed by atoms with Crippen LogP contribution < -0.4 is 15.2 Å². The summed E-state index contributed by atoms with van der Waals surface area (Å²) in [7, 11) is 3.06. The van der Waals surface area contributed by atoms with Crippen LogP contribution in [0.2, 0.25) is 0 Å². The Morgan fingerprint density at radius 2 is 1.65 bits per heavy atom. The molecule has 2 N–H and O–H groups in total. The van der Waals surface area contributed by atoms with Crippen LogP contribution in [0.5, 0.6) is 11.5 Å². The Labute approximate surface area is 118 Å². The normalized spacial score (nSPS) is 10.2. The lowest BCUT2D eigenvalue weighted by atomic mass is 9.97. The van der Waals surface area contributed by atoms with Crippen LogP contribution in [0.15, 0.2) is 36.4 Å². The van der Waals surface area contributed by atoms with Crippen LogP contribution in [0.1, 0.15) is 21.5 Å². The van der Waals surface area contributed by atoms with Crippen molar-refractivity contribution in [2.75, 3.05) is 20.0 Å². The van der Waals surface area contributed by atoms with Crippen LogP contribution in [-0.4, -0.2) is 20.0 Å². The van der Waals surface area contributed by atoms with Gasteiger partial charge in [-0.2, -0.15) is 0 Å². The maximum absolute atomic E-state index is 12.7. The van der Waals surface area contributed by atoms with Crippen molar-refractivity contribution >= 4 is 11.5 Å². The molecule has 0 aromatic heterocycles. The third-order valence-corrected chi connectivity index (χ3v) is 3.15. The van der Waals surface area contributed by atoms with Crippen LogP contribution in [0, 0.1) is 6.92 Å². The number of ketones is 1. The van der Waals surface area contributed by atoms with Gasteiger partial charge >= 0.3 is 0 Å². The zero-order valence-electron chi connectivity index (χ0n) is 11.8. The zero-order chi connectivity index (χ0) is 14.7. The highest BCUT2D eigenvalue weighted by atomic mass is 16.5. The maximum atomic E-state index is 12.7. The van der Waals surface area contributed by atoms with Gasteiger partial charge in [-0.15, -0.1) is 0 Å². The van der Waals surface area contributed by atoms with Crippen molar-refractivity contribution < 1.29 is 14.3 Å². The molecule has 0 unspecified atom stereocenters. The molecule has 0 amide bonds. The third kappa shape index (κ3) is 2.45. The van der Waals surface area contributed by atoms with E-state index in [-0.39, 0.29) is 5.78 Å². The molecule has 2 aromatic rings. The molecule has 0 saturated heterocycles. The number of rotatable bonds is 4. The predicted octanol–water partition coefficient (Wildman–Crippen LogP) is 2.83. The van der Waals surface area contributed by atoms with E-state index < -0.39 is 0 Å². The predicted molar refractivity (Wildman–Crippen MR) is 78.6 cm³/mol. The van der Waals surface area contributed by atoms with Gasteiger partial charge < -0.3 is 15.2 Å². The van der Waals surface area contributed by atoms with E-state index in [9.17, 15) is 4.79 Å². The first-order chi connectivity index (χ1) is 9.58. The van der Waals surface area contributed by atoms with Gasteiger partial charge in [0.25, 0.3) is 0 Å². The maximum Gasteiger partial charge on any atom is 0.200 e. The lowest BCUT2D eigenvalue weighted by molar-refractivity contribution is 0.103. The van der Waals surface area contributed by atoms with Crippen LogP contribution in [-0.2, 0) is 0 Å². The van der Waals surface area contributed by atoms with Crippen LogP contribution in [0.25, 0.3) is 0 Å². The molecule has 2 aromatic carbocycles. The number of anilines is 1. The van der Waals surface area contributed by atoms with Crippen molar-refractivity contribution in [3.05, 3.63) is 53.1 Å². The van der Waals surface area contributed by atoms with Crippen LogP contribution in [0.3, 0.4) is 0 Å². The highest BCUT2D eigenvalue weighted by Crippen LogP contribution is 2.31. The van der Waals surface area contributed by atoms with E-state index in [1.807, 2.05) is 6.92 Å². The van der Waals surface area contributed by atoms with Gasteiger partial charge in [-0.25, -0.2) is 0 Å². The Morgan fingerprint density at radius 1 is 1.05 bits per heavy atom. The highest BCUT2D eigenvalue weighted by molar-refractivity contribution is 6.13. The molecule has 0 spiro atoms. The second-order valence-electron chi connectivity index (χ2n) is 4.44. The van der Waals surface area contributed by atoms with E-state index in [4.69, 9.17) is 15.2 Å². The van der Waals surface area contributed by atoms with Crippen molar-refractivity contribution in [2.24, 2.45) is 0 Å². The first kappa shape index (κ1) is 13.9. The molecular formula is C16H17NO3. The number of nitrogens with two attached hydrogens (primary N) is 1. The fourth-order valence-electron chi connectivity index (χ4n) is 2.15. The Hall–Kier alpha value is -2.49. The molecule has 0 fully saturated rings. The van der Waals surface area contributed by atoms with Gasteiger partial charge in [0.1, 0.15) is 17.1 Å². The number of hydrogen-bond donors (Lipinski definition) is 1. The molecule has 0 heterocycles. The van der Waals surface area contributed by atoms with E-state index in [1.54, 1.807) is 36.4 Å². The third-order valence-electron chi connectivity index (χ3n) is 3.15. The fourth-order valence-corrected chi connectivity index (χ4v) is 2.15. The number of hydrogen-bond acceptors (Lipinski definition) is 4. The quantitative estimate of drug-likeness (QED) is 0.686. The standard InChI is InChI=1S/C16H17NO3/c1-10-9-11(17)7-8-12(10)16(18)15-13(19-2)5-4-6-14(15)20-3/h4-9H,17H2,1-3H3. The first-order valence-electron chi connectivity index (χ1n) is 6.20. The van der Waals surface area contributed by atoms with Crippen molar-refractivity contribution in [1.82, 2.24) is 0 Å². The van der Waals surface area contributed by atoms with Gasteiger partial charge in [-0.05, 0) is 42.8 Å². The number of methoxy groups -OCH3 is 2. The van der Waals surface area contributed by atoms with Gasteiger partial charge in [0, 0.05) is 11.3 Å². The average molecular weight is 271 g/mol. The summed E-state index contributed by atoms with van der Waals surface area (Å²) in [5.74, 6) is 0.841. The lowest BCUT2D eigenvalue weighted by Gasteiger charge is -2.13. The monoisotopic (exact) mass is 271 g/mol. The number of carbonyl (C=O) groups is 1. The van der Waals surface area contributed by atoms with E-state index in [1.165, 1.54) is 14.2 Å². The van der Waals surface area contributed by atoms with E-state index in [0.29, 0.717) is 28.3 Å². The molecule has 2 rings (SSSR count). The number of carbonyl (C=O) groups excluding carboxylic acids is 1. The summed E-state index contributed by atoms with van der Waals surface area (Å²) in [6.45, 7) is 1.85. The molecular weight excluding hydrogens is 254 g/mol. The highest BCUT2D eigenvalue weighted by Gasteiger charge is 2.21. The molecule has 0 atom stereocenters. The van der Waals surface area contributed by atoms with Gasteiger partial charge in [0.2, 0.25) is 5.78 Å². The number of aryl methyl sites for hydroxylation is 1. The fraction of sp³-hybridized carbons (Fsp3) is 0.188. The van der Waals surface area contributed by atoms with Gasteiger partial charge in [-0.3, -0.25) is 4.79 Å². The second-order valence-corrected chi connectivity index (χ2v) is 4.44. The van der Waals surface area contributed by atoms with Crippen molar-refractivity contribution in [3.63, 3.8) is 0 Å². The van der Waals surface area contributed by atoms with Crippen LogP contribution in [0.4, 0.5) is 5.69 Å². The molecule has 0 aliphatic carbocycles. The summed E-state index contributed by atoms with van der Waals surface area (Å²) in [6, 6.07) is 10.5. The molecule has 20 heavy (non-hydrogen) atoms. The Bertz CT molecular complexity index is 628. The van der Waals surface area contributed by atoms with Gasteiger partial charge in [0.15, 0.2) is 0 Å². The van der Waals surface area contributed by atoms with Crippen molar-refractivity contribution in [2.45, 2.75) is 6.92 Å². The Morgan fingerprint density at radius 3 is 2.15 bits per heavy atom. The van der Waals surface area contributed by atoms with E-state index >= 15 is 0 Å². The summed E-state index contributed by atoms with van der Waals surface area (Å²) in [5.41, 5.74) is 8.18. The summed E-state index contributed by atoms with van der Waals surface area (Å²) >= 11 is 0. The SMILES string of the molecule is COc1cccc(OC)c1C(=O)c1ccc(N)cc1C. The van der Waals surface area contributed by atoms with Crippen molar-refractivity contribution in [1.29, 1.82) is 0 Å². The lowest BCUT2D eigenvalue weighted by Crippen LogP contribution is -2.08. The largest absolute Gasteiger partial charge is 0.496 e. The molecule has 0 radical (unpaired) electrons. The molecule has 104 valence electrons. The number of nitrogen functional groups attached to an aromatic ring is 1. The minimum absolute atomic E-state index is 0.142. The molecule has 4 nitrogen and oxygen atoms in total. The summed E-state index contributed by atoms with van der Waals surface area (Å²) < 4.78 is 10.5. The molecule has 0 aliphatic heterocycles. The van der Waals surface area contributed by atoms with E-state index in [2.05, 4.69) is 0 Å². The number of benzene rings is 2. The minimum atomic E-state index is -0.142. The molecule has 0 bridgehead atoms. The van der Waals surface area contributed by atoms with Crippen molar-refractivity contribution in [3.8, 4) is 11.5 Å².